The van der Waals surface area contributed by atoms with Gasteiger partial charge < -0.3 is 5.32 Å². The molecular formula is C21H20ClN5O3. The van der Waals surface area contributed by atoms with E-state index >= 15 is 0 Å². The average Bonchev–Trinajstić information content (AvgIpc) is 3.23. The van der Waals surface area contributed by atoms with Crippen molar-refractivity contribution in [2.45, 2.75) is 31.8 Å². The van der Waals surface area contributed by atoms with Gasteiger partial charge in [0.15, 0.2) is 12.1 Å². The summed E-state index contributed by atoms with van der Waals surface area (Å²) in [7, 11) is 0. The molecule has 0 bridgehead atoms. The largest absolute Gasteiger partial charge is 0.324 e. The zero-order valence-electron chi connectivity index (χ0n) is 16.4. The number of nitrogens with one attached hydrogen (secondary N) is 1. The van der Waals surface area contributed by atoms with Gasteiger partial charge in [-0.25, -0.2) is 4.90 Å². The molecular weight excluding hydrogens is 406 g/mol. The summed E-state index contributed by atoms with van der Waals surface area (Å²) in [5.74, 6) is -0.891. The van der Waals surface area contributed by atoms with E-state index in [1.165, 1.54) is 10.6 Å². The maximum Gasteiger partial charge on any atom is 0.263 e. The van der Waals surface area contributed by atoms with Crippen LogP contribution in [0.4, 0.5) is 11.4 Å². The van der Waals surface area contributed by atoms with Crippen molar-refractivity contribution in [2.24, 2.45) is 10.3 Å². The Morgan fingerprint density at radius 1 is 1.07 bits per heavy atom. The van der Waals surface area contributed by atoms with Crippen molar-refractivity contribution in [3.8, 4) is 0 Å². The predicted molar refractivity (Wildman–Crippen MR) is 112 cm³/mol. The minimum absolute atomic E-state index is 0.190. The van der Waals surface area contributed by atoms with Crippen LogP contribution in [0.25, 0.3) is 0 Å². The number of amides is 3. The number of imide groups is 1. The second-order valence-electron chi connectivity index (χ2n) is 7.51. The monoisotopic (exact) mass is 425 g/mol. The molecule has 0 spiro atoms. The van der Waals surface area contributed by atoms with Crippen LogP contribution in [0, 0.1) is 0 Å². The molecule has 4 rings (SSSR count). The Morgan fingerprint density at radius 3 is 2.37 bits per heavy atom. The molecule has 1 saturated heterocycles. The molecule has 30 heavy (non-hydrogen) atoms. The van der Waals surface area contributed by atoms with E-state index in [9.17, 15) is 14.4 Å². The van der Waals surface area contributed by atoms with Gasteiger partial charge in [-0.3, -0.25) is 19.4 Å². The molecule has 0 aromatic heterocycles. The van der Waals surface area contributed by atoms with Crippen molar-refractivity contribution in [3.63, 3.8) is 0 Å². The Kier molecular flexibility index (Phi) is 5.26. The third kappa shape index (κ3) is 3.66. The Balaban J connectivity index is 1.44. The minimum Gasteiger partial charge on any atom is -0.324 e. The van der Waals surface area contributed by atoms with Crippen LogP contribution in [0.1, 0.15) is 25.3 Å². The zero-order valence-corrected chi connectivity index (χ0v) is 17.2. The number of rotatable bonds is 5. The fraction of sp³-hybridized carbons (Fsp3) is 0.286. The number of halogens is 1. The van der Waals surface area contributed by atoms with Crippen LogP contribution in [0.5, 0.6) is 0 Å². The lowest BCUT2D eigenvalue weighted by Crippen LogP contribution is -2.43. The van der Waals surface area contributed by atoms with E-state index in [1.807, 2.05) is 24.3 Å². The highest BCUT2D eigenvalue weighted by Gasteiger charge is 2.55. The molecule has 2 aromatic carbocycles. The third-order valence-electron chi connectivity index (χ3n) is 5.11. The Bertz CT molecular complexity index is 1020. The molecule has 1 N–H and O–H groups in total. The van der Waals surface area contributed by atoms with Gasteiger partial charge in [0.2, 0.25) is 5.91 Å². The topological polar surface area (TPSA) is 94.4 Å². The minimum atomic E-state index is -0.952. The number of hydrogen-bond acceptors (Lipinski definition) is 6. The molecule has 154 valence electrons. The van der Waals surface area contributed by atoms with E-state index in [-0.39, 0.29) is 12.5 Å². The van der Waals surface area contributed by atoms with Crippen LogP contribution in [0.15, 0.2) is 58.9 Å². The van der Waals surface area contributed by atoms with E-state index < -0.39 is 23.9 Å². The van der Waals surface area contributed by atoms with Crippen LogP contribution < -0.4 is 10.2 Å². The van der Waals surface area contributed by atoms with Crippen molar-refractivity contribution in [1.82, 2.24) is 5.01 Å². The van der Waals surface area contributed by atoms with Gasteiger partial charge in [-0.2, -0.15) is 5.11 Å². The fourth-order valence-electron chi connectivity index (χ4n) is 3.50. The van der Waals surface area contributed by atoms with Gasteiger partial charge in [0.1, 0.15) is 6.54 Å². The summed E-state index contributed by atoms with van der Waals surface area (Å²) in [5.41, 5.74) is 2.23. The van der Waals surface area contributed by atoms with Crippen LogP contribution >= 0.6 is 11.6 Å². The molecule has 8 nitrogen and oxygen atoms in total. The average molecular weight is 426 g/mol. The second kappa shape index (κ2) is 7.87. The van der Waals surface area contributed by atoms with Gasteiger partial charge in [0, 0.05) is 10.7 Å². The normalized spacial score (nSPS) is 20.3. The quantitative estimate of drug-likeness (QED) is 0.743. The molecule has 2 aliphatic rings. The van der Waals surface area contributed by atoms with E-state index in [1.54, 1.807) is 24.3 Å². The highest BCUT2D eigenvalue weighted by molar-refractivity contribution is 6.31. The molecule has 0 aliphatic carbocycles. The number of benzene rings is 2. The third-order valence-corrected chi connectivity index (χ3v) is 5.36. The van der Waals surface area contributed by atoms with Gasteiger partial charge in [-0.05, 0) is 47.9 Å². The summed E-state index contributed by atoms with van der Waals surface area (Å²) in [5, 5.41) is 12.4. The molecule has 9 heteroatoms. The zero-order chi connectivity index (χ0) is 21.4. The molecule has 1 fully saturated rings. The fourth-order valence-corrected chi connectivity index (χ4v) is 3.62. The van der Waals surface area contributed by atoms with Gasteiger partial charge in [-0.15, -0.1) is 0 Å². The van der Waals surface area contributed by atoms with Crippen molar-refractivity contribution in [2.75, 3.05) is 16.8 Å². The summed E-state index contributed by atoms with van der Waals surface area (Å²) in [6.07, 6.45) is 0. The first-order chi connectivity index (χ1) is 14.3. The maximum atomic E-state index is 12.9. The number of anilines is 2. The van der Waals surface area contributed by atoms with E-state index in [2.05, 4.69) is 29.5 Å². The SMILES string of the molecule is CC(C)c1ccc(NC(=O)CN2N=N[C@@H]3C(=O)N(c4ccc(Cl)cc4)C(=O)[C@@H]32)cc1. The highest BCUT2D eigenvalue weighted by Crippen LogP contribution is 2.32. The first-order valence-electron chi connectivity index (χ1n) is 9.56. The smallest absolute Gasteiger partial charge is 0.263 e. The Hall–Kier alpha value is -3.26. The molecule has 0 saturated carbocycles. The predicted octanol–water partition coefficient (Wildman–Crippen LogP) is 3.40. The molecule has 3 amide bonds. The summed E-state index contributed by atoms with van der Waals surface area (Å²) in [4.78, 5) is 39.1. The first kappa shape index (κ1) is 20.0. The number of carbonyl (C=O) groups excluding carboxylic acids is 3. The second-order valence-corrected chi connectivity index (χ2v) is 7.94. The molecule has 2 heterocycles. The number of fused-ring (bicyclic) bond motifs is 1. The highest BCUT2D eigenvalue weighted by atomic mass is 35.5. The maximum absolute atomic E-state index is 12.9. The van der Waals surface area contributed by atoms with Crippen LogP contribution in [-0.2, 0) is 14.4 Å². The van der Waals surface area contributed by atoms with E-state index in [0.29, 0.717) is 22.3 Å². The van der Waals surface area contributed by atoms with Crippen LogP contribution in [-0.4, -0.2) is 41.4 Å². The van der Waals surface area contributed by atoms with Gasteiger partial charge in [0.25, 0.3) is 11.8 Å². The van der Waals surface area contributed by atoms with Crippen molar-refractivity contribution in [3.05, 3.63) is 59.1 Å². The van der Waals surface area contributed by atoms with Gasteiger partial charge in [-0.1, -0.05) is 42.8 Å². The van der Waals surface area contributed by atoms with Crippen LogP contribution in [0.3, 0.4) is 0 Å². The molecule has 2 aromatic rings. The summed E-state index contributed by atoms with van der Waals surface area (Å²) in [6.45, 7) is 4.00. The summed E-state index contributed by atoms with van der Waals surface area (Å²) >= 11 is 5.88. The Labute approximate surface area is 178 Å². The van der Waals surface area contributed by atoms with Crippen LogP contribution in [0.2, 0.25) is 5.02 Å². The first-order valence-corrected chi connectivity index (χ1v) is 9.93. The van der Waals surface area contributed by atoms with Crippen molar-refractivity contribution in [1.29, 1.82) is 0 Å². The molecule has 0 radical (unpaired) electrons. The van der Waals surface area contributed by atoms with E-state index in [4.69, 9.17) is 11.6 Å². The van der Waals surface area contributed by atoms with Gasteiger partial charge in [0.05, 0.1) is 5.69 Å². The summed E-state index contributed by atoms with van der Waals surface area (Å²) < 4.78 is 0. The lowest BCUT2D eigenvalue weighted by molar-refractivity contribution is -0.123. The standard InChI is InChI=1S/C21H20ClN5O3/c1-12(2)13-3-7-15(8-4-13)23-17(28)11-26-19-18(24-25-26)20(29)27(21(19)30)16-9-5-14(22)6-10-16/h3-10,12,18-19H,11H2,1-2H3,(H,23,28)/t18-,19+/m0/s1. The number of hydrogen-bond donors (Lipinski definition) is 1. The van der Waals surface area contributed by atoms with E-state index in [0.717, 1.165) is 4.90 Å². The summed E-state index contributed by atoms with van der Waals surface area (Å²) in [6, 6.07) is 12.1. The van der Waals surface area contributed by atoms with Crippen molar-refractivity contribution >= 4 is 40.7 Å². The van der Waals surface area contributed by atoms with Crippen molar-refractivity contribution < 1.29 is 14.4 Å². The Morgan fingerprint density at radius 2 is 1.73 bits per heavy atom. The number of nitrogens with zero attached hydrogens (tertiary/aromatic N) is 4. The molecule has 2 aliphatic heterocycles. The molecule has 0 unspecified atom stereocenters. The molecule has 2 atom stereocenters. The lowest BCUT2D eigenvalue weighted by atomic mass is 10.0. The lowest BCUT2D eigenvalue weighted by Gasteiger charge is -2.20. The van der Waals surface area contributed by atoms with Gasteiger partial charge >= 0.3 is 0 Å². The number of carbonyl (C=O) groups is 3.